The highest BCUT2D eigenvalue weighted by atomic mass is 32.2. The van der Waals surface area contributed by atoms with Gasteiger partial charge in [-0.15, -0.1) is 0 Å². The SMILES string of the molecule is COc1ccc2nc(N3CCN(C(=O)CS(=O)(=O)c4ccccc4)CC3)sc2c1. The topological polar surface area (TPSA) is 79.8 Å². The second-order valence-corrected chi connectivity index (χ2v) is 9.77. The van der Waals surface area contributed by atoms with Crippen molar-refractivity contribution in [2.24, 2.45) is 0 Å². The number of carbonyl (C=O) groups is 1. The molecule has 3 aromatic rings. The first kappa shape index (κ1) is 19.7. The molecule has 1 aliphatic rings. The number of fused-ring (bicyclic) bond motifs is 1. The minimum atomic E-state index is -3.63. The lowest BCUT2D eigenvalue weighted by atomic mass is 10.3. The smallest absolute Gasteiger partial charge is 0.238 e. The molecule has 1 aliphatic heterocycles. The van der Waals surface area contributed by atoms with Gasteiger partial charge in [-0.05, 0) is 30.3 Å². The number of amides is 1. The van der Waals surface area contributed by atoms with Crippen molar-refractivity contribution in [3.63, 3.8) is 0 Å². The molecule has 0 unspecified atom stereocenters. The van der Waals surface area contributed by atoms with Gasteiger partial charge in [0.2, 0.25) is 5.91 Å². The maximum absolute atomic E-state index is 12.5. The minimum Gasteiger partial charge on any atom is -0.497 e. The van der Waals surface area contributed by atoms with Crippen molar-refractivity contribution >= 4 is 42.4 Å². The highest BCUT2D eigenvalue weighted by Gasteiger charge is 2.27. The molecule has 152 valence electrons. The maximum Gasteiger partial charge on any atom is 0.238 e. The highest BCUT2D eigenvalue weighted by Crippen LogP contribution is 2.31. The van der Waals surface area contributed by atoms with E-state index in [1.807, 2.05) is 18.2 Å². The minimum absolute atomic E-state index is 0.178. The molecule has 7 nitrogen and oxygen atoms in total. The van der Waals surface area contributed by atoms with Crippen LogP contribution in [0.5, 0.6) is 5.75 Å². The van der Waals surface area contributed by atoms with E-state index in [0.717, 1.165) is 21.1 Å². The Morgan fingerprint density at radius 3 is 2.52 bits per heavy atom. The summed E-state index contributed by atoms with van der Waals surface area (Å²) in [7, 11) is -1.99. The molecule has 0 atom stereocenters. The van der Waals surface area contributed by atoms with Gasteiger partial charge in [0.05, 0.1) is 22.2 Å². The average Bonchev–Trinajstić information content (AvgIpc) is 3.17. The Morgan fingerprint density at radius 1 is 1.10 bits per heavy atom. The monoisotopic (exact) mass is 431 g/mol. The Balaban J connectivity index is 1.39. The van der Waals surface area contributed by atoms with Crippen LogP contribution in [0.2, 0.25) is 0 Å². The highest BCUT2D eigenvalue weighted by molar-refractivity contribution is 7.92. The number of rotatable bonds is 5. The average molecular weight is 432 g/mol. The molecule has 0 bridgehead atoms. The quantitative estimate of drug-likeness (QED) is 0.617. The number of carbonyl (C=O) groups excluding carboxylic acids is 1. The third-order valence-electron chi connectivity index (χ3n) is 4.90. The fourth-order valence-corrected chi connectivity index (χ4v) is 5.56. The van der Waals surface area contributed by atoms with Crippen LogP contribution in [0.4, 0.5) is 5.13 Å². The van der Waals surface area contributed by atoms with E-state index < -0.39 is 15.6 Å². The van der Waals surface area contributed by atoms with Gasteiger partial charge in [-0.3, -0.25) is 4.79 Å². The zero-order chi connectivity index (χ0) is 20.4. The largest absolute Gasteiger partial charge is 0.497 e. The van der Waals surface area contributed by atoms with Crippen LogP contribution in [0.3, 0.4) is 0 Å². The fourth-order valence-electron chi connectivity index (χ4n) is 3.27. The van der Waals surface area contributed by atoms with Gasteiger partial charge in [-0.2, -0.15) is 0 Å². The summed E-state index contributed by atoms with van der Waals surface area (Å²) in [6.07, 6.45) is 0. The molecule has 0 saturated carbocycles. The van der Waals surface area contributed by atoms with E-state index in [0.29, 0.717) is 26.2 Å². The summed E-state index contributed by atoms with van der Waals surface area (Å²) >= 11 is 1.59. The third-order valence-corrected chi connectivity index (χ3v) is 7.60. The maximum atomic E-state index is 12.5. The van der Waals surface area contributed by atoms with Crippen molar-refractivity contribution in [2.45, 2.75) is 4.90 Å². The molecule has 29 heavy (non-hydrogen) atoms. The number of ether oxygens (including phenoxy) is 1. The summed E-state index contributed by atoms with van der Waals surface area (Å²) in [5.41, 5.74) is 0.915. The van der Waals surface area contributed by atoms with Gasteiger partial charge in [0, 0.05) is 26.2 Å². The van der Waals surface area contributed by atoms with E-state index >= 15 is 0 Å². The van der Waals surface area contributed by atoms with Crippen molar-refractivity contribution in [2.75, 3.05) is 43.9 Å². The van der Waals surface area contributed by atoms with Crippen LogP contribution in [0.15, 0.2) is 53.4 Å². The molecular weight excluding hydrogens is 410 g/mol. The van der Waals surface area contributed by atoms with Crippen molar-refractivity contribution in [3.8, 4) is 5.75 Å². The Kier molecular flexibility index (Phi) is 5.42. The van der Waals surface area contributed by atoms with Crippen molar-refractivity contribution in [1.82, 2.24) is 9.88 Å². The molecule has 0 aliphatic carbocycles. The summed E-state index contributed by atoms with van der Waals surface area (Å²) in [6, 6.07) is 13.9. The lowest BCUT2D eigenvalue weighted by Gasteiger charge is -2.34. The molecule has 4 rings (SSSR count). The summed E-state index contributed by atoms with van der Waals surface area (Å²) < 4.78 is 31.2. The first-order valence-corrected chi connectivity index (χ1v) is 11.7. The molecular formula is C20H21N3O4S2. The number of sulfone groups is 1. The number of piperazine rings is 1. The first-order chi connectivity index (χ1) is 14.0. The summed E-state index contributed by atoms with van der Waals surface area (Å²) in [6.45, 7) is 2.19. The number of aromatic nitrogens is 1. The van der Waals surface area contributed by atoms with Gasteiger partial charge in [0.25, 0.3) is 0 Å². The van der Waals surface area contributed by atoms with Crippen LogP contribution in [0.1, 0.15) is 0 Å². The lowest BCUT2D eigenvalue weighted by molar-refractivity contribution is -0.128. The van der Waals surface area contributed by atoms with Gasteiger partial charge >= 0.3 is 0 Å². The number of anilines is 1. The molecule has 1 amide bonds. The molecule has 1 aromatic heterocycles. The van der Waals surface area contributed by atoms with Gasteiger partial charge < -0.3 is 14.5 Å². The van der Waals surface area contributed by atoms with Crippen molar-refractivity contribution in [1.29, 1.82) is 0 Å². The number of thiazole rings is 1. The van der Waals surface area contributed by atoms with Crippen molar-refractivity contribution in [3.05, 3.63) is 48.5 Å². The normalized spacial score (nSPS) is 14.9. The van der Waals surface area contributed by atoms with E-state index in [1.54, 1.807) is 41.5 Å². The van der Waals surface area contributed by atoms with E-state index in [4.69, 9.17) is 4.74 Å². The zero-order valence-electron chi connectivity index (χ0n) is 15.9. The summed E-state index contributed by atoms with van der Waals surface area (Å²) in [5, 5.41) is 0.900. The van der Waals surface area contributed by atoms with Gasteiger partial charge in [-0.25, -0.2) is 13.4 Å². The van der Waals surface area contributed by atoms with E-state index in [-0.39, 0.29) is 10.8 Å². The molecule has 1 saturated heterocycles. The van der Waals surface area contributed by atoms with Crippen LogP contribution in [-0.2, 0) is 14.6 Å². The number of benzene rings is 2. The standard InChI is InChI=1S/C20H21N3O4S2/c1-27-15-7-8-17-18(13-15)28-20(21-17)23-11-9-22(10-12-23)19(24)14-29(25,26)16-5-3-2-4-6-16/h2-8,13H,9-12,14H2,1H3. The Morgan fingerprint density at radius 2 is 1.83 bits per heavy atom. The second-order valence-electron chi connectivity index (χ2n) is 6.77. The molecule has 0 spiro atoms. The molecule has 2 heterocycles. The number of nitrogens with zero attached hydrogens (tertiary/aromatic N) is 3. The number of methoxy groups -OCH3 is 1. The van der Waals surface area contributed by atoms with Crippen LogP contribution in [-0.4, -0.2) is 63.3 Å². The van der Waals surface area contributed by atoms with Crippen molar-refractivity contribution < 1.29 is 17.9 Å². The predicted molar refractivity (Wildman–Crippen MR) is 113 cm³/mol. The molecule has 0 N–H and O–H groups in total. The van der Waals surface area contributed by atoms with E-state index in [2.05, 4.69) is 9.88 Å². The van der Waals surface area contributed by atoms with Crippen LogP contribution >= 0.6 is 11.3 Å². The van der Waals surface area contributed by atoms with E-state index in [1.165, 1.54) is 12.1 Å². The summed E-state index contributed by atoms with van der Waals surface area (Å²) in [5.74, 6) is -0.0666. The predicted octanol–water partition coefficient (Wildman–Crippen LogP) is 2.43. The molecule has 0 radical (unpaired) electrons. The fraction of sp³-hybridized carbons (Fsp3) is 0.300. The second kappa shape index (κ2) is 8.00. The van der Waals surface area contributed by atoms with Crippen LogP contribution in [0.25, 0.3) is 10.2 Å². The molecule has 1 fully saturated rings. The third kappa shape index (κ3) is 4.20. The first-order valence-electron chi connectivity index (χ1n) is 9.21. The van der Waals surface area contributed by atoms with Gasteiger partial charge in [0.15, 0.2) is 15.0 Å². The zero-order valence-corrected chi connectivity index (χ0v) is 17.6. The Bertz CT molecular complexity index is 1120. The lowest BCUT2D eigenvalue weighted by Crippen LogP contribution is -2.50. The van der Waals surface area contributed by atoms with Crippen LogP contribution in [0, 0.1) is 0 Å². The Labute approximate surface area is 173 Å². The van der Waals surface area contributed by atoms with Crippen LogP contribution < -0.4 is 9.64 Å². The summed E-state index contributed by atoms with van der Waals surface area (Å²) in [4.78, 5) is 21.1. The molecule has 2 aromatic carbocycles. The number of hydrogen-bond acceptors (Lipinski definition) is 7. The van der Waals surface area contributed by atoms with Gasteiger partial charge in [0.1, 0.15) is 11.5 Å². The Hall–Kier alpha value is -2.65. The van der Waals surface area contributed by atoms with E-state index in [9.17, 15) is 13.2 Å². The molecule has 9 heteroatoms. The number of hydrogen-bond donors (Lipinski definition) is 0. The van der Waals surface area contributed by atoms with Gasteiger partial charge in [-0.1, -0.05) is 29.5 Å².